The molecule has 94 valence electrons. The lowest BCUT2D eigenvalue weighted by Crippen LogP contribution is -2.33. The van der Waals surface area contributed by atoms with Gasteiger partial charge in [-0.3, -0.25) is 4.79 Å². The van der Waals surface area contributed by atoms with Gasteiger partial charge >= 0.3 is 5.97 Å². The molecule has 17 heavy (non-hydrogen) atoms. The molecule has 0 amide bonds. The fourth-order valence-corrected chi connectivity index (χ4v) is 1.69. The Bertz CT molecular complexity index is 340. The zero-order valence-electron chi connectivity index (χ0n) is 10.2. The van der Waals surface area contributed by atoms with Gasteiger partial charge in [0.1, 0.15) is 5.75 Å². The van der Waals surface area contributed by atoms with Crippen LogP contribution in [0.5, 0.6) is 5.75 Å². The third-order valence-corrected chi connectivity index (χ3v) is 2.53. The highest BCUT2D eigenvalue weighted by molar-refractivity contribution is 5.67. The molecule has 1 aromatic rings. The van der Waals surface area contributed by atoms with Gasteiger partial charge in [0.25, 0.3) is 0 Å². The monoisotopic (exact) mass is 237 g/mol. The molecule has 1 rings (SSSR count). The summed E-state index contributed by atoms with van der Waals surface area (Å²) in [4.78, 5) is 10.6. The van der Waals surface area contributed by atoms with Gasteiger partial charge in [0, 0.05) is 6.04 Å². The van der Waals surface area contributed by atoms with Crippen LogP contribution in [-0.4, -0.2) is 30.3 Å². The average molecular weight is 237 g/mol. The van der Waals surface area contributed by atoms with Crippen molar-refractivity contribution >= 4 is 5.97 Å². The van der Waals surface area contributed by atoms with Crippen LogP contribution in [0.4, 0.5) is 0 Å². The third-order valence-electron chi connectivity index (χ3n) is 2.53. The van der Waals surface area contributed by atoms with Gasteiger partial charge in [0.05, 0.1) is 12.5 Å². The van der Waals surface area contributed by atoms with Crippen molar-refractivity contribution in [3.63, 3.8) is 0 Å². The molecule has 0 spiro atoms. The predicted octanol–water partition coefficient (Wildman–Crippen LogP) is 1.91. The van der Waals surface area contributed by atoms with E-state index in [2.05, 4.69) is 5.32 Å². The molecule has 0 radical (unpaired) electrons. The predicted molar refractivity (Wildman–Crippen MR) is 66.2 cm³/mol. The highest BCUT2D eigenvalue weighted by Crippen LogP contribution is 2.14. The first kappa shape index (κ1) is 13.5. The second-order valence-electron chi connectivity index (χ2n) is 4.06. The van der Waals surface area contributed by atoms with Crippen LogP contribution >= 0.6 is 0 Å². The molecule has 0 heterocycles. The van der Waals surface area contributed by atoms with Gasteiger partial charge in [0.2, 0.25) is 0 Å². The maximum absolute atomic E-state index is 10.6. The van der Waals surface area contributed by atoms with Crippen LogP contribution in [0.3, 0.4) is 0 Å². The quantitative estimate of drug-likeness (QED) is 0.760. The number of carbonyl (C=O) groups is 1. The van der Waals surface area contributed by atoms with Gasteiger partial charge in [-0.2, -0.15) is 0 Å². The lowest BCUT2D eigenvalue weighted by molar-refractivity contribution is -0.137. The van der Waals surface area contributed by atoms with Crippen molar-refractivity contribution < 1.29 is 14.6 Å². The molecule has 0 saturated heterocycles. The number of para-hydroxylation sites is 1. The van der Waals surface area contributed by atoms with E-state index in [9.17, 15) is 4.79 Å². The van der Waals surface area contributed by atoms with E-state index in [-0.39, 0.29) is 18.6 Å². The Kier molecular flexibility index (Phi) is 5.49. The number of hydrogen-bond acceptors (Lipinski definition) is 3. The minimum atomic E-state index is -0.795. The lowest BCUT2D eigenvalue weighted by atomic mass is 10.1. The minimum absolute atomic E-state index is 0.0193. The number of carboxylic acids is 1. The largest absolute Gasteiger partial charge is 0.491 e. The molecule has 0 bridgehead atoms. The average Bonchev–Trinajstić information content (AvgIpc) is 2.28. The van der Waals surface area contributed by atoms with E-state index in [1.807, 2.05) is 37.3 Å². The molecule has 1 aromatic carbocycles. The fourth-order valence-electron chi connectivity index (χ4n) is 1.69. The number of nitrogens with one attached hydrogen (secondary N) is 1. The summed E-state index contributed by atoms with van der Waals surface area (Å²) >= 11 is 0. The van der Waals surface area contributed by atoms with Crippen molar-refractivity contribution in [2.45, 2.75) is 31.9 Å². The number of carboxylic acid groups (broad SMARTS) is 1. The van der Waals surface area contributed by atoms with E-state index < -0.39 is 5.97 Å². The Labute approximate surface area is 102 Å². The van der Waals surface area contributed by atoms with Crippen LogP contribution in [-0.2, 0) is 4.79 Å². The molecule has 2 unspecified atom stereocenters. The summed E-state index contributed by atoms with van der Waals surface area (Å²) in [5.41, 5.74) is 0. The summed E-state index contributed by atoms with van der Waals surface area (Å²) < 4.78 is 5.70. The molecule has 2 atom stereocenters. The molecule has 0 aliphatic heterocycles. The van der Waals surface area contributed by atoms with Gasteiger partial charge in [-0.25, -0.2) is 0 Å². The Morgan fingerprint density at radius 1 is 1.41 bits per heavy atom. The van der Waals surface area contributed by atoms with Crippen molar-refractivity contribution in [2.24, 2.45) is 0 Å². The van der Waals surface area contributed by atoms with E-state index in [1.54, 1.807) is 7.05 Å². The smallest absolute Gasteiger partial charge is 0.304 e. The molecule has 4 nitrogen and oxygen atoms in total. The molecular formula is C13H19NO3. The first-order valence-electron chi connectivity index (χ1n) is 5.72. The highest BCUT2D eigenvalue weighted by atomic mass is 16.5. The third kappa shape index (κ3) is 5.36. The summed E-state index contributed by atoms with van der Waals surface area (Å²) in [5.74, 6) is 0.0152. The Morgan fingerprint density at radius 2 is 2.06 bits per heavy atom. The van der Waals surface area contributed by atoms with Crippen molar-refractivity contribution in [3.8, 4) is 5.75 Å². The number of hydrogen-bond donors (Lipinski definition) is 2. The van der Waals surface area contributed by atoms with Crippen molar-refractivity contribution in [1.29, 1.82) is 0 Å². The summed E-state index contributed by atoms with van der Waals surface area (Å²) in [7, 11) is 1.77. The van der Waals surface area contributed by atoms with Gasteiger partial charge < -0.3 is 15.2 Å². The molecule has 0 aliphatic carbocycles. The van der Waals surface area contributed by atoms with Crippen LogP contribution in [0, 0.1) is 0 Å². The standard InChI is InChI=1S/C13H19NO3/c1-10(8-11(14-2)9-13(15)16)17-12-6-4-3-5-7-12/h3-7,10-11,14H,8-9H2,1-2H3,(H,15,16). The molecule has 0 fully saturated rings. The minimum Gasteiger partial charge on any atom is -0.491 e. The highest BCUT2D eigenvalue weighted by Gasteiger charge is 2.15. The maximum Gasteiger partial charge on any atom is 0.304 e. The summed E-state index contributed by atoms with van der Waals surface area (Å²) in [6, 6.07) is 9.47. The Hall–Kier alpha value is -1.55. The van der Waals surface area contributed by atoms with Gasteiger partial charge in [0.15, 0.2) is 0 Å². The zero-order chi connectivity index (χ0) is 12.7. The number of rotatable bonds is 7. The Morgan fingerprint density at radius 3 is 2.59 bits per heavy atom. The second-order valence-corrected chi connectivity index (χ2v) is 4.06. The Balaban J connectivity index is 2.42. The maximum atomic E-state index is 10.6. The first-order chi connectivity index (χ1) is 8.11. The molecule has 0 aromatic heterocycles. The second kappa shape index (κ2) is 6.91. The van der Waals surface area contributed by atoms with Gasteiger partial charge in [-0.05, 0) is 32.5 Å². The van der Waals surface area contributed by atoms with E-state index in [1.165, 1.54) is 0 Å². The molecule has 2 N–H and O–H groups in total. The molecule has 4 heteroatoms. The van der Waals surface area contributed by atoms with E-state index >= 15 is 0 Å². The lowest BCUT2D eigenvalue weighted by Gasteiger charge is -2.20. The summed E-state index contributed by atoms with van der Waals surface area (Å²) in [6.45, 7) is 1.94. The molecular weight excluding hydrogens is 218 g/mol. The first-order valence-corrected chi connectivity index (χ1v) is 5.72. The zero-order valence-corrected chi connectivity index (χ0v) is 10.2. The van der Waals surface area contributed by atoms with Crippen LogP contribution in [0.1, 0.15) is 19.8 Å². The van der Waals surface area contributed by atoms with Crippen LogP contribution in [0.15, 0.2) is 30.3 Å². The van der Waals surface area contributed by atoms with Crippen molar-refractivity contribution in [3.05, 3.63) is 30.3 Å². The van der Waals surface area contributed by atoms with Crippen LogP contribution in [0.2, 0.25) is 0 Å². The van der Waals surface area contributed by atoms with Crippen LogP contribution in [0.25, 0.3) is 0 Å². The number of ether oxygens (including phenoxy) is 1. The van der Waals surface area contributed by atoms with E-state index in [4.69, 9.17) is 9.84 Å². The normalized spacial score (nSPS) is 14.0. The van der Waals surface area contributed by atoms with E-state index in [0.29, 0.717) is 6.42 Å². The number of aliphatic carboxylic acids is 1. The van der Waals surface area contributed by atoms with Crippen molar-refractivity contribution in [1.82, 2.24) is 5.32 Å². The fraction of sp³-hybridized carbons (Fsp3) is 0.462. The van der Waals surface area contributed by atoms with Gasteiger partial charge in [-0.1, -0.05) is 18.2 Å². The SMILES string of the molecule is CNC(CC(=O)O)CC(C)Oc1ccccc1. The number of benzene rings is 1. The van der Waals surface area contributed by atoms with Crippen molar-refractivity contribution in [2.75, 3.05) is 7.05 Å². The van der Waals surface area contributed by atoms with E-state index in [0.717, 1.165) is 5.75 Å². The molecule has 0 saturated carbocycles. The van der Waals surface area contributed by atoms with Gasteiger partial charge in [-0.15, -0.1) is 0 Å². The summed E-state index contributed by atoms with van der Waals surface area (Å²) in [6.07, 6.45) is 0.755. The topological polar surface area (TPSA) is 58.6 Å². The molecule has 0 aliphatic rings. The van der Waals surface area contributed by atoms with Crippen LogP contribution < -0.4 is 10.1 Å². The summed E-state index contributed by atoms with van der Waals surface area (Å²) in [5, 5.41) is 11.7.